The number of benzene rings is 1. The van der Waals surface area contributed by atoms with Crippen LogP contribution in [0.25, 0.3) is 0 Å². The van der Waals surface area contributed by atoms with E-state index in [9.17, 15) is 4.39 Å². The highest BCUT2D eigenvalue weighted by atomic mass is 79.9. The second-order valence-electron chi connectivity index (χ2n) is 6.03. The summed E-state index contributed by atoms with van der Waals surface area (Å²) in [5.41, 5.74) is 0.972. The standard InChI is InChI=1S/C16H24BrFN2O/c1-16(2,20-6-8-21-9-7-20)15(19-3)11-12-10-13(18)4-5-14(12)17/h4-5,10,15,19H,6-9,11H2,1-3H3. The Morgan fingerprint density at radius 2 is 2.05 bits per heavy atom. The highest BCUT2D eigenvalue weighted by Gasteiger charge is 2.35. The van der Waals surface area contributed by atoms with Crippen LogP contribution in [0.4, 0.5) is 4.39 Å². The summed E-state index contributed by atoms with van der Waals surface area (Å²) in [6, 6.07) is 5.10. The zero-order valence-electron chi connectivity index (χ0n) is 13.0. The molecule has 1 atom stereocenters. The molecule has 3 nitrogen and oxygen atoms in total. The SMILES string of the molecule is CNC(Cc1cc(F)ccc1Br)C(C)(C)N1CCOCC1. The van der Waals surface area contributed by atoms with Gasteiger partial charge in [-0.15, -0.1) is 0 Å². The molecule has 0 aromatic heterocycles. The molecule has 0 aliphatic carbocycles. The second kappa shape index (κ2) is 7.18. The van der Waals surface area contributed by atoms with Crippen LogP contribution < -0.4 is 5.32 Å². The van der Waals surface area contributed by atoms with Crippen LogP contribution in [0.1, 0.15) is 19.4 Å². The number of ether oxygens (including phenoxy) is 1. The zero-order valence-corrected chi connectivity index (χ0v) is 14.5. The first-order valence-electron chi connectivity index (χ1n) is 7.39. The number of rotatable bonds is 5. The van der Waals surface area contributed by atoms with Crippen molar-refractivity contribution in [1.82, 2.24) is 10.2 Å². The van der Waals surface area contributed by atoms with E-state index in [2.05, 4.69) is 40.0 Å². The van der Waals surface area contributed by atoms with E-state index in [0.717, 1.165) is 42.8 Å². The first kappa shape index (κ1) is 16.9. The molecule has 1 aromatic carbocycles. The molecule has 0 bridgehead atoms. The maximum Gasteiger partial charge on any atom is 0.123 e. The van der Waals surface area contributed by atoms with Gasteiger partial charge in [-0.3, -0.25) is 4.90 Å². The summed E-state index contributed by atoms with van der Waals surface area (Å²) in [6.45, 7) is 7.93. The van der Waals surface area contributed by atoms with E-state index < -0.39 is 0 Å². The minimum Gasteiger partial charge on any atom is -0.379 e. The topological polar surface area (TPSA) is 24.5 Å². The highest BCUT2D eigenvalue weighted by Crippen LogP contribution is 2.26. The Kier molecular flexibility index (Phi) is 5.77. The van der Waals surface area contributed by atoms with Crippen LogP contribution in [0.5, 0.6) is 0 Å². The number of likely N-dealkylation sites (N-methyl/N-ethyl adjacent to an activating group) is 1. The minimum atomic E-state index is -0.188. The van der Waals surface area contributed by atoms with Gasteiger partial charge < -0.3 is 10.1 Å². The largest absolute Gasteiger partial charge is 0.379 e. The molecule has 2 rings (SSSR count). The van der Waals surface area contributed by atoms with Gasteiger partial charge in [0.15, 0.2) is 0 Å². The summed E-state index contributed by atoms with van der Waals surface area (Å²) in [5, 5.41) is 3.41. The first-order chi connectivity index (χ1) is 9.95. The van der Waals surface area contributed by atoms with Crippen molar-refractivity contribution in [3.8, 4) is 0 Å². The van der Waals surface area contributed by atoms with E-state index >= 15 is 0 Å². The zero-order chi connectivity index (χ0) is 15.5. The van der Waals surface area contributed by atoms with E-state index in [1.165, 1.54) is 6.07 Å². The van der Waals surface area contributed by atoms with E-state index in [1.807, 2.05) is 7.05 Å². The van der Waals surface area contributed by atoms with E-state index in [1.54, 1.807) is 12.1 Å². The molecule has 5 heteroatoms. The summed E-state index contributed by atoms with van der Waals surface area (Å²) in [4.78, 5) is 2.45. The lowest BCUT2D eigenvalue weighted by atomic mass is 9.87. The normalized spacial score (nSPS) is 18.7. The van der Waals surface area contributed by atoms with Gasteiger partial charge in [-0.05, 0) is 51.1 Å². The molecule has 1 fully saturated rings. The first-order valence-corrected chi connectivity index (χ1v) is 8.18. The third kappa shape index (κ3) is 4.03. The fourth-order valence-corrected chi connectivity index (χ4v) is 3.39. The molecule has 0 amide bonds. The summed E-state index contributed by atoms with van der Waals surface area (Å²) >= 11 is 3.52. The van der Waals surface area contributed by atoms with E-state index in [4.69, 9.17) is 4.74 Å². The molecular weight excluding hydrogens is 335 g/mol. The lowest BCUT2D eigenvalue weighted by Crippen LogP contribution is -2.60. The van der Waals surface area contributed by atoms with Crippen molar-refractivity contribution in [3.63, 3.8) is 0 Å². The van der Waals surface area contributed by atoms with Crippen LogP contribution in [0.15, 0.2) is 22.7 Å². The number of morpholine rings is 1. The monoisotopic (exact) mass is 358 g/mol. The summed E-state index contributed by atoms with van der Waals surface area (Å²) in [6.07, 6.45) is 0.777. The Morgan fingerprint density at radius 3 is 2.67 bits per heavy atom. The molecule has 1 aliphatic heterocycles. The maximum absolute atomic E-state index is 13.5. The molecular formula is C16H24BrFN2O. The van der Waals surface area contributed by atoms with Gasteiger partial charge in [0.05, 0.1) is 13.2 Å². The van der Waals surface area contributed by atoms with Crippen molar-refractivity contribution in [1.29, 1.82) is 0 Å². The van der Waals surface area contributed by atoms with Crippen LogP contribution in [0.2, 0.25) is 0 Å². The molecule has 118 valence electrons. The van der Waals surface area contributed by atoms with Gasteiger partial charge >= 0.3 is 0 Å². The van der Waals surface area contributed by atoms with Crippen molar-refractivity contribution in [2.75, 3.05) is 33.4 Å². The van der Waals surface area contributed by atoms with Gasteiger partial charge in [-0.1, -0.05) is 15.9 Å². The van der Waals surface area contributed by atoms with Gasteiger partial charge in [0.1, 0.15) is 5.82 Å². The molecule has 1 saturated heterocycles. The Bertz CT molecular complexity index is 475. The molecule has 0 saturated carbocycles. The van der Waals surface area contributed by atoms with Crippen LogP contribution in [0.3, 0.4) is 0 Å². The van der Waals surface area contributed by atoms with Gasteiger partial charge in [-0.25, -0.2) is 4.39 Å². The highest BCUT2D eigenvalue weighted by molar-refractivity contribution is 9.10. The number of hydrogen-bond donors (Lipinski definition) is 1. The Labute approximate surface area is 135 Å². The quantitative estimate of drug-likeness (QED) is 0.875. The third-order valence-corrected chi connectivity index (χ3v) is 5.23. The molecule has 0 spiro atoms. The van der Waals surface area contributed by atoms with Crippen molar-refractivity contribution in [2.24, 2.45) is 0 Å². The van der Waals surface area contributed by atoms with Gasteiger partial charge in [0.2, 0.25) is 0 Å². The molecule has 1 heterocycles. The van der Waals surface area contributed by atoms with Crippen LogP contribution in [-0.2, 0) is 11.2 Å². The van der Waals surface area contributed by atoms with E-state index in [-0.39, 0.29) is 17.4 Å². The minimum absolute atomic E-state index is 0.0235. The Balaban J connectivity index is 2.16. The predicted octanol–water partition coefficient (Wildman–Crippen LogP) is 2.83. The van der Waals surface area contributed by atoms with Crippen LogP contribution in [0, 0.1) is 5.82 Å². The Hall–Kier alpha value is -0.490. The van der Waals surface area contributed by atoms with Crippen molar-refractivity contribution in [2.45, 2.75) is 31.8 Å². The summed E-state index contributed by atoms with van der Waals surface area (Å²) < 4.78 is 19.9. The molecule has 1 N–H and O–H groups in total. The van der Waals surface area contributed by atoms with Crippen molar-refractivity contribution >= 4 is 15.9 Å². The fourth-order valence-electron chi connectivity index (χ4n) is 2.98. The molecule has 21 heavy (non-hydrogen) atoms. The molecule has 1 aliphatic rings. The second-order valence-corrected chi connectivity index (χ2v) is 6.89. The number of nitrogens with zero attached hydrogens (tertiary/aromatic N) is 1. The summed E-state index contributed by atoms with van der Waals surface area (Å²) in [5.74, 6) is -0.188. The van der Waals surface area contributed by atoms with Crippen LogP contribution in [-0.4, -0.2) is 49.8 Å². The molecule has 1 aromatic rings. The van der Waals surface area contributed by atoms with Crippen LogP contribution >= 0.6 is 15.9 Å². The average Bonchev–Trinajstić information content (AvgIpc) is 2.48. The lowest BCUT2D eigenvalue weighted by Gasteiger charge is -2.46. The third-order valence-electron chi connectivity index (χ3n) is 4.46. The average molecular weight is 359 g/mol. The van der Waals surface area contributed by atoms with Gasteiger partial charge in [0, 0.05) is 29.1 Å². The van der Waals surface area contributed by atoms with Crippen molar-refractivity contribution < 1.29 is 9.13 Å². The molecule has 0 radical (unpaired) electrons. The fraction of sp³-hybridized carbons (Fsp3) is 0.625. The Morgan fingerprint density at radius 1 is 1.38 bits per heavy atom. The number of hydrogen-bond acceptors (Lipinski definition) is 3. The molecule has 1 unspecified atom stereocenters. The van der Waals surface area contributed by atoms with Crippen molar-refractivity contribution in [3.05, 3.63) is 34.1 Å². The lowest BCUT2D eigenvalue weighted by molar-refractivity contribution is -0.0224. The summed E-state index contributed by atoms with van der Waals surface area (Å²) in [7, 11) is 1.97. The predicted molar refractivity (Wildman–Crippen MR) is 87.1 cm³/mol. The number of nitrogens with one attached hydrogen (secondary N) is 1. The number of halogens is 2. The maximum atomic E-state index is 13.5. The smallest absolute Gasteiger partial charge is 0.123 e. The van der Waals surface area contributed by atoms with E-state index in [0.29, 0.717) is 0 Å². The van der Waals surface area contributed by atoms with Gasteiger partial charge in [0.25, 0.3) is 0 Å². The van der Waals surface area contributed by atoms with Gasteiger partial charge in [-0.2, -0.15) is 0 Å².